The number of nitrogens with zero attached hydrogens (tertiary/aromatic N) is 2. The van der Waals surface area contributed by atoms with Gasteiger partial charge >= 0.3 is 0 Å². The lowest BCUT2D eigenvalue weighted by molar-refractivity contribution is 0.0914. The van der Waals surface area contributed by atoms with E-state index >= 15 is 0 Å². The Morgan fingerprint density at radius 1 is 1.15 bits per heavy atom. The van der Waals surface area contributed by atoms with Gasteiger partial charge in [0.15, 0.2) is 5.96 Å². The fraction of sp³-hybridized carbons (Fsp3) is 0.409. The van der Waals surface area contributed by atoms with E-state index in [1.165, 1.54) is 16.7 Å². The molecular formula is C22H30IN3O. The first-order valence-electron chi connectivity index (χ1n) is 9.32. The van der Waals surface area contributed by atoms with Crippen molar-refractivity contribution in [2.75, 3.05) is 27.2 Å². The van der Waals surface area contributed by atoms with Crippen LogP contribution < -0.4 is 5.32 Å². The third-order valence-corrected chi connectivity index (χ3v) is 5.11. The highest BCUT2D eigenvalue weighted by atomic mass is 127. The number of rotatable bonds is 5. The highest BCUT2D eigenvalue weighted by Gasteiger charge is 2.29. The van der Waals surface area contributed by atoms with E-state index in [0.717, 1.165) is 32.1 Å². The summed E-state index contributed by atoms with van der Waals surface area (Å²) in [6.07, 6.45) is 1.24. The predicted molar refractivity (Wildman–Crippen MR) is 123 cm³/mol. The second-order valence-corrected chi connectivity index (χ2v) is 6.96. The van der Waals surface area contributed by atoms with Gasteiger partial charge in [-0.15, -0.1) is 24.0 Å². The summed E-state index contributed by atoms with van der Waals surface area (Å²) in [7, 11) is 3.93. The summed E-state index contributed by atoms with van der Waals surface area (Å²) < 4.78 is 6.00. The van der Waals surface area contributed by atoms with Gasteiger partial charge in [0.1, 0.15) is 0 Å². The molecule has 5 heteroatoms. The van der Waals surface area contributed by atoms with E-state index in [1.54, 1.807) is 0 Å². The van der Waals surface area contributed by atoms with Crippen molar-refractivity contribution in [1.82, 2.24) is 10.2 Å². The summed E-state index contributed by atoms with van der Waals surface area (Å²) in [4.78, 5) is 6.64. The summed E-state index contributed by atoms with van der Waals surface area (Å²) in [6.45, 7) is 4.68. The minimum Gasteiger partial charge on any atom is -0.373 e. The SMILES string of the molecule is CN=C(NCC1CCOC1c1ccccc1)N(C)Cc1ccccc1C.I. The molecule has 1 saturated heterocycles. The summed E-state index contributed by atoms with van der Waals surface area (Å²) in [6, 6.07) is 19.0. The van der Waals surface area contributed by atoms with Crippen LogP contribution >= 0.6 is 24.0 Å². The molecule has 1 heterocycles. The highest BCUT2D eigenvalue weighted by molar-refractivity contribution is 14.0. The van der Waals surface area contributed by atoms with Crippen LogP contribution in [0.4, 0.5) is 0 Å². The Morgan fingerprint density at radius 2 is 1.85 bits per heavy atom. The van der Waals surface area contributed by atoms with Crippen LogP contribution in [-0.4, -0.2) is 38.1 Å². The van der Waals surface area contributed by atoms with E-state index in [9.17, 15) is 0 Å². The lowest BCUT2D eigenvalue weighted by Crippen LogP contribution is -2.41. The molecule has 1 aliphatic heterocycles. The van der Waals surface area contributed by atoms with Crippen molar-refractivity contribution in [2.24, 2.45) is 10.9 Å². The molecule has 146 valence electrons. The Bertz CT molecular complexity index is 735. The molecule has 1 fully saturated rings. The molecule has 2 atom stereocenters. The van der Waals surface area contributed by atoms with Gasteiger partial charge in [-0.05, 0) is 30.0 Å². The molecule has 2 aromatic carbocycles. The fourth-order valence-electron chi connectivity index (χ4n) is 3.58. The summed E-state index contributed by atoms with van der Waals surface area (Å²) in [5.74, 6) is 1.38. The van der Waals surface area contributed by atoms with Crippen LogP contribution in [0.25, 0.3) is 0 Å². The zero-order chi connectivity index (χ0) is 18.4. The van der Waals surface area contributed by atoms with E-state index in [0.29, 0.717) is 5.92 Å². The van der Waals surface area contributed by atoms with Crippen molar-refractivity contribution in [3.63, 3.8) is 0 Å². The highest BCUT2D eigenvalue weighted by Crippen LogP contribution is 2.33. The van der Waals surface area contributed by atoms with Crippen LogP contribution in [0, 0.1) is 12.8 Å². The number of ether oxygens (including phenoxy) is 1. The van der Waals surface area contributed by atoms with Crippen LogP contribution in [-0.2, 0) is 11.3 Å². The largest absolute Gasteiger partial charge is 0.373 e. The molecule has 27 heavy (non-hydrogen) atoms. The molecule has 4 nitrogen and oxygen atoms in total. The van der Waals surface area contributed by atoms with Crippen LogP contribution in [0.3, 0.4) is 0 Å². The van der Waals surface area contributed by atoms with Gasteiger partial charge in [0.25, 0.3) is 0 Å². The van der Waals surface area contributed by atoms with Crippen LogP contribution in [0.1, 0.15) is 29.2 Å². The fourth-order valence-corrected chi connectivity index (χ4v) is 3.58. The first-order valence-corrected chi connectivity index (χ1v) is 9.32. The molecule has 0 bridgehead atoms. The lowest BCUT2D eigenvalue weighted by Gasteiger charge is -2.25. The zero-order valence-electron chi connectivity index (χ0n) is 16.4. The first kappa shape index (κ1) is 21.7. The van der Waals surface area contributed by atoms with Gasteiger partial charge in [-0.3, -0.25) is 4.99 Å². The quantitative estimate of drug-likeness (QED) is 0.393. The van der Waals surface area contributed by atoms with Crippen LogP contribution in [0.15, 0.2) is 59.6 Å². The number of hydrogen-bond donors (Lipinski definition) is 1. The average Bonchev–Trinajstić information content (AvgIpc) is 3.13. The minimum atomic E-state index is 0. The van der Waals surface area contributed by atoms with E-state index in [4.69, 9.17) is 4.74 Å². The van der Waals surface area contributed by atoms with E-state index < -0.39 is 0 Å². The molecule has 1 N–H and O–H groups in total. The summed E-state index contributed by atoms with van der Waals surface area (Å²) in [5, 5.41) is 3.55. The van der Waals surface area contributed by atoms with Crippen molar-refractivity contribution < 1.29 is 4.74 Å². The number of halogens is 1. The second kappa shape index (κ2) is 10.7. The predicted octanol–water partition coefficient (Wildman–Crippen LogP) is 4.40. The maximum Gasteiger partial charge on any atom is 0.193 e. The number of nitrogens with one attached hydrogen (secondary N) is 1. The smallest absolute Gasteiger partial charge is 0.193 e. The third kappa shape index (κ3) is 5.69. The average molecular weight is 479 g/mol. The number of aliphatic imine (C=N–C) groups is 1. The molecule has 2 unspecified atom stereocenters. The van der Waals surface area contributed by atoms with Gasteiger partial charge in [-0.2, -0.15) is 0 Å². The molecule has 2 aromatic rings. The van der Waals surface area contributed by atoms with Crippen molar-refractivity contribution in [1.29, 1.82) is 0 Å². The van der Waals surface area contributed by atoms with Gasteiger partial charge in [0.2, 0.25) is 0 Å². The van der Waals surface area contributed by atoms with Gasteiger partial charge in [-0.1, -0.05) is 54.6 Å². The van der Waals surface area contributed by atoms with Gasteiger partial charge < -0.3 is 15.0 Å². The van der Waals surface area contributed by atoms with Crippen molar-refractivity contribution in [3.8, 4) is 0 Å². The molecule has 0 saturated carbocycles. The Hall–Kier alpha value is -1.60. The Morgan fingerprint density at radius 3 is 2.56 bits per heavy atom. The molecule has 0 spiro atoms. The summed E-state index contributed by atoms with van der Waals surface area (Å²) >= 11 is 0. The number of guanidine groups is 1. The molecule has 1 aliphatic rings. The molecule has 3 rings (SSSR count). The maximum absolute atomic E-state index is 6.00. The Kier molecular flexibility index (Phi) is 8.57. The monoisotopic (exact) mass is 479 g/mol. The van der Waals surface area contributed by atoms with E-state index in [1.807, 2.05) is 13.1 Å². The Balaban J connectivity index is 0.00000261. The number of hydrogen-bond acceptors (Lipinski definition) is 2. The molecule has 0 aliphatic carbocycles. The molecule has 0 aromatic heterocycles. The third-order valence-electron chi connectivity index (χ3n) is 5.11. The van der Waals surface area contributed by atoms with Crippen molar-refractivity contribution in [3.05, 3.63) is 71.3 Å². The number of aryl methyl sites for hydroxylation is 1. The van der Waals surface area contributed by atoms with Gasteiger partial charge in [0.05, 0.1) is 6.10 Å². The van der Waals surface area contributed by atoms with Gasteiger partial charge in [0, 0.05) is 39.7 Å². The van der Waals surface area contributed by atoms with Crippen LogP contribution in [0.2, 0.25) is 0 Å². The standard InChI is InChI=1S/C22H29N3O.HI/c1-17-9-7-8-12-20(17)16-25(3)22(23-2)24-15-19-13-14-26-21(19)18-10-5-4-6-11-18;/h4-12,19,21H,13-16H2,1-3H3,(H,23,24);1H. The molecule has 0 radical (unpaired) electrons. The maximum atomic E-state index is 6.00. The lowest BCUT2D eigenvalue weighted by atomic mass is 9.95. The topological polar surface area (TPSA) is 36.9 Å². The second-order valence-electron chi connectivity index (χ2n) is 6.96. The first-order chi connectivity index (χ1) is 12.7. The van der Waals surface area contributed by atoms with Gasteiger partial charge in [-0.25, -0.2) is 0 Å². The van der Waals surface area contributed by atoms with E-state index in [2.05, 4.69) is 77.7 Å². The normalized spacial score (nSPS) is 19.4. The Labute approximate surface area is 180 Å². The van der Waals surface area contributed by atoms with Crippen molar-refractivity contribution >= 4 is 29.9 Å². The number of benzene rings is 2. The molecule has 0 amide bonds. The molecular weight excluding hydrogens is 449 g/mol. The van der Waals surface area contributed by atoms with Crippen LogP contribution in [0.5, 0.6) is 0 Å². The zero-order valence-corrected chi connectivity index (χ0v) is 18.7. The summed E-state index contributed by atoms with van der Waals surface area (Å²) in [5.41, 5.74) is 3.90. The van der Waals surface area contributed by atoms with E-state index in [-0.39, 0.29) is 30.1 Å². The minimum absolute atomic E-state index is 0. The van der Waals surface area contributed by atoms with Crippen molar-refractivity contribution in [2.45, 2.75) is 26.0 Å².